The van der Waals surface area contributed by atoms with Crippen molar-refractivity contribution in [2.75, 3.05) is 0 Å². The van der Waals surface area contributed by atoms with Crippen molar-refractivity contribution in [2.45, 2.75) is 37.1 Å². The molecule has 3 nitrogen and oxygen atoms in total. The van der Waals surface area contributed by atoms with Crippen LogP contribution in [0.1, 0.15) is 32.0 Å². The largest absolute Gasteiger partial charge is 0.437 e. The Balaban J connectivity index is 1.86. The number of benzene rings is 2. The summed E-state index contributed by atoms with van der Waals surface area (Å²) in [5.74, 6) is 1.39. The predicted octanol–water partition coefficient (Wildman–Crippen LogP) is 6.65. The molecule has 0 aliphatic carbocycles. The minimum atomic E-state index is -0.245. The van der Waals surface area contributed by atoms with Crippen LogP contribution in [0.3, 0.4) is 0 Å². The van der Waals surface area contributed by atoms with Crippen LogP contribution in [0.15, 0.2) is 59.8 Å². The van der Waals surface area contributed by atoms with Gasteiger partial charge in [0.25, 0.3) is 0 Å². The van der Waals surface area contributed by atoms with Crippen LogP contribution in [0, 0.1) is 5.82 Å². The molecule has 6 heteroatoms. The number of aromatic nitrogens is 2. The van der Waals surface area contributed by atoms with Crippen LogP contribution in [-0.4, -0.2) is 9.97 Å². The number of thioether (sulfide) groups is 1. The van der Waals surface area contributed by atoms with Gasteiger partial charge in [-0.1, -0.05) is 68.4 Å². The number of ether oxygens (including phenoxy) is 1. The number of halogens is 2. The molecule has 0 atom stereocenters. The molecule has 0 bridgehead atoms. The third-order valence-corrected chi connectivity index (χ3v) is 5.01. The van der Waals surface area contributed by atoms with Crippen LogP contribution in [0.2, 0.25) is 5.02 Å². The summed E-state index contributed by atoms with van der Waals surface area (Å²) in [5.41, 5.74) is 1.72. The Morgan fingerprint density at radius 1 is 1.04 bits per heavy atom. The standard InChI is InChI=1S/C21H20ClFN2OS/c1-21(2,3)18-12-19(26-17-7-5-4-6-16(17)22)25-20(24-18)27-13-14-8-10-15(23)11-9-14/h4-12H,13H2,1-3H3. The lowest BCUT2D eigenvalue weighted by Gasteiger charge is -2.19. The Morgan fingerprint density at radius 2 is 1.74 bits per heavy atom. The van der Waals surface area contributed by atoms with E-state index in [2.05, 4.69) is 30.7 Å². The zero-order valence-corrected chi connectivity index (χ0v) is 16.9. The van der Waals surface area contributed by atoms with Gasteiger partial charge in [-0.15, -0.1) is 0 Å². The van der Waals surface area contributed by atoms with Crippen LogP contribution >= 0.6 is 23.4 Å². The van der Waals surface area contributed by atoms with Crippen LogP contribution in [0.4, 0.5) is 4.39 Å². The number of para-hydroxylation sites is 1. The molecule has 140 valence electrons. The molecule has 1 heterocycles. The summed E-state index contributed by atoms with van der Waals surface area (Å²) in [6, 6.07) is 15.5. The Morgan fingerprint density at radius 3 is 2.41 bits per heavy atom. The van der Waals surface area contributed by atoms with Crippen molar-refractivity contribution in [1.82, 2.24) is 9.97 Å². The van der Waals surface area contributed by atoms with Crippen LogP contribution in [-0.2, 0) is 11.2 Å². The third kappa shape index (κ3) is 5.44. The monoisotopic (exact) mass is 402 g/mol. The molecule has 0 radical (unpaired) electrons. The molecule has 27 heavy (non-hydrogen) atoms. The quantitative estimate of drug-likeness (QED) is 0.353. The van der Waals surface area contributed by atoms with Crippen molar-refractivity contribution in [2.24, 2.45) is 0 Å². The van der Waals surface area contributed by atoms with Gasteiger partial charge in [-0.2, -0.15) is 4.98 Å². The highest BCUT2D eigenvalue weighted by atomic mass is 35.5. The molecule has 3 aromatic rings. The predicted molar refractivity (Wildman–Crippen MR) is 108 cm³/mol. The molecule has 0 N–H and O–H groups in total. The highest BCUT2D eigenvalue weighted by molar-refractivity contribution is 7.98. The average Bonchev–Trinajstić information content (AvgIpc) is 2.62. The van der Waals surface area contributed by atoms with E-state index in [1.54, 1.807) is 24.3 Å². The van der Waals surface area contributed by atoms with E-state index in [0.29, 0.717) is 27.6 Å². The molecular weight excluding hydrogens is 383 g/mol. The smallest absolute Gasteiger partial charge is 0.223 e. The van der Waals surface area contributed by atoms with E-state index in [0.717, 1.165) is 11.3 Å². The maximum absolute atomic E-state index is 13.1. The van der Waals surface area contributed by atoms with Gasteiger partial charge >= 0.3 is 0 Å². The van der Waals surface area contributed by atoms with Crippen LogP contribution in [0.5, 0.6) is 11.6 Å². The first-order valence-electron chi connectivity index (χ1n) is 8.50. The number of nitrogens with zero attached hydrogens (tertiary/aromatic N) is 2. The summed E-state index contributed by atoms with van der Waals surface area (Å²) in [6.07, 6.45) is 0. The molecular formula is C21H20ClFN2OS. The maximum Gasteiger partial charge on any atom is 0.223 e. The highest BCUT2D eigenvalue weighted by Gasteiger charge is 2.19. The van der Waals surface area contributed by atoms with E-state index in [-0.39, 0.29) is 11.2 Å². The van der Waals surface area contributed by atoms with Gasteiger partial charge in [0.15, 0.2) is 5.16 Å². The van der Waals surface area contributed by atoms with E-state index < -0.39 is 0 Å². The van der Waals surface area contributed by atoms with Crippen molar-refractivity contribution in [3.8, 4) is 11.6 Å². The lowest BCUT2D eigenvalue weighted by atomic mass is 9.92. The van der Waals surface area contributed by atoms with E-state index >= 15 is 0 Å². The maximum atomic E-state index is 13.1. The molecule has 1 aromatic heterocycles. The van der Waals surface area contributed by atoms with Gasteiger partial charge in [0.2, 0.25) is 5.88 Å². The lowest BCUT2D eigenvalue weighted by Crippen LogP contribution is -2.14. The van der Waals surface area contributed by atoms with Crippen molar-refractivity contribution < 1.29 is 9.13 Å². The molecule has 0 fully saturated rings. The fraction of sp³-hybridized carbons (Fsp3) is 0.238. The Labute approximate surface area is 168 Å². The molecule has 0 saturated carbocycles. The van der Waals surface area contributed by atoms with E-state index in [9.17, 15) is 4.39 Å². The third-order valence-electron chi connectivity index (χ3n) is 3.78. The van der Waals surface area contributed by atoms with Crippen molar-refractivity contribution in [1.29, 1.82) is 0 Å². The van der Waals surface area contributed by atoms with Crippen molar-refractivity contribution in [3.63, 3.8) is 0 Å². The zero-order valence-electron chi connectivity index (χ0n) is 15.4. The van der Waals surface area contributed by atoms with Crippen LogP contribution in [0.25, 0.3) is 0 Å². The molecule has 0 unspecified atom stereocenters. The van der Waals surface area contributed by atoms with E-state index in [1.165, 1.54) is 23.9 Å². The summed E-state index contributed by atoms with van der Waals surface area (Å²) >= 11 is 7.67. The second-order valence-electron chi connectivity index (χ2n) is 7.07. The highest BCUT2D eigenvalue weighted by Crippen LogP contribution is 2.32. The van der Waals surface area contributed by atoms with Gasteiger partial charge in [-0.25, -0.2) is 9.37 Å². The van der Waals surface area contributed by atoms with Crippen molar-refractivity contribution >= 4 is 23.4 Å². The van der Waals surface area contributed by atoms with Crippen molar-refractivity contribution in [3.05, 3.63) is 76.7 Å². The topological polar surface area (TPSA) is 35.0 Å². The Bertz CT molecular complexity index is 926. The van der Waals surface area contributed by atoms with E-state index in [1.807, 2.05) is 18.2 Å². The Hall–Kier alpha value is -2.11. The van der Waals surface area contributed by atoms with Gasteiger partial charge in [0.1, 0.15) is 11.6 Å². The number of rotatable bonds is 5. The molecule has 0 aliphatic rings. The lowest BCUT2D eigenvalue weighted by molar-refractivity contribution is 0.447. The first-order chi connectivity index (χ1) is 12.8. The van der Waals surface area contributed by atoms with E-state index in [4.69, 9.17) is 16.3 Å². The molecule has 0 aliphatic heterocycles. The fourth-order valence-corrected chi connectivity index (χ4v) is 3.25. The second-order valence-corrected chi connectivity index (χ2v) is 8.42. The number of hydrogen-bond acceptors (Lipinski definition) is 4. The summed E-state index contributed by atoms with van der Waals surface area (Å²) in [6.45, 7) is 6.26. The molecule has 0 saturated heterocycles. The second kappa shape index (κ2) is 8.28. The van der Waals surface area contributed by atoms with Gasteiger partial charge in [0.05, 0.1) is 10.7 Å². The molecule has 2 aromatic carbocycles. The summed E-state index contributed by atoms with van der Waals surface area (Å²) in [4.78, 5) is 9.18. The Kier molecular flexibility index (Phi) is 6.02. The van der Waals surface area contributed by atoms with Gasteiger partial charge in [-0.3, -0.25) is 0 Å². The SMILES string of the molecule is CC(C)(C)c1cc(Oc2ccccc2Cl)nc(SCc2ccc(F)cc2)n1. The first-order valence-corrected chi connectivity index (χ1v) is 9.87. The normalized spacial score (nSPS) is 11.4. The summed E-state index contributed by atoms with van der Waals surface area (Å²) < 4.78 is 19.0. The zero-order chi connectivity index (χ0) is 19.4. The molecule has 0 amide bonds. The minimum absolute atomic E-state index is 0.160. The summed E-state index contributed by atoms with van der Waals surface area (Å²) in [5, 5.41) is 1.13. The van der Waals surface area contributed by atoms with Crippen LogP contribution < -0.4 is 4.74 Å². The molecule has 3 rings (SSSR count). The molecule has 0 spiro atoms. The van der Waals surface area contributed by atoms with Gasteiger partial charge < -0.3 is 4.74 Å². The van der Waals surface area contributed by atoms with Gasteiger partial charge in [0, 0.05) is 17.2 Å². The summed E-state index contributed by atoms with van der Waals surface area (Å²) in [7, 11) is 0. The average molecular weight is 403 g/mol. The first kappa shape index (κ1) is 19.6. The fourth-order valence-electron chi connectivity index (χ4n) is 2.27. The minimum Gasteiger partial charge on any atom is -0.437 e. The van der Waals surface area contributed by atoms with Gasteiger partial charge in [-0.05, 0) is 29.8 Å². The number of hydrogen-bond donors (Lipinski definition) is 0.